The molecular formula is C21H26N2O4. The Balaban J connectivity index is 2.01. The normalized spacial score (nSPS) is 10.5. The van der Waals surface area contributed by atoms with Crippen molar-refractivity contribution in [1.82, 2.24) is 5.32 Å². The second-order valence-electron chi connectivity index (χ2n) is 6.64. The molecule has 6 heteroatoms. The van der Waals surface area contributed by atoms with Gasteiger partial charge in [0.2, 0.25) is 5.91 Å². The minimum Gasteiger partial charge on any atom is -0.493 e. The molecule has 0 saturated carbocycles. The van der Waals surface area contributed by atoms with Gasteiger partial charge in [-0.15, -0.1) is 0 Å². The molecule has 0 unspecified atom stereocenters. The number of primary amides is 1. The van der Waals surface area contributed by atoms with Crippen LogP contribution in [0.1, 0.15) is 46.5 Å². The number of nitrogens with one attached hydrogen (secondary N) is 1. The summed E-state index contributed by atoms with van der Waals surface area (Å²) in [5, 5.41) is 2.82. The number of amides is 2. The molecule has 2 aromatic rings. The lowest BCUT2D eigenvalue weighted by molar-refractivity contribution is 0.0949. The quantitative estimate of drug-likeness (QED) is 0.709. The largest absolute Gasteiger partial charge is 0.493 e. The SMILES string of the molecule is COc1cc(C(=O)NCc2cccc(C(N)=O)c2)ccc1OCCC(C)C. The maximum absolute atomic E-state index is 12.4. The lowest BCUT2D eigenvalue weighted by Crippen LogP contribution is -2.23. The van der Waals surface area contributed by atoms with Crippen molar-refractivity contribution in [2.75, 3.05) is 13.7 Å². The Morgan fingerprint density at radius 1 is 1.07 bits per heavy atom. The van der Waals surface area contributed by atoms with Crippen molar-refractivity contribution in [3.05, 3.63) is 59.2 Å². The molecule has 0 heterocycles. The van der Waals surface area contributed by atoms with Gasteiger partial charge in [-0.1, -0.05) is 26.0 Å². The van der Waals surface area contributed by atoms with Crippen molar-refractivity contribution >= 4 is 11.8 Å². The predicted octanol–water partition coefficient (Wildman–Crippen LogP) is 3.15. The number of methoxy groups -OCH3 is 1. The molecule has 0 aromatic heterocycles. The lowest BCUT2D eigenvalue weighted by atomic mass is 10.1. The second kappa shape index (κ2) is 9.62. The molecule has 0 aliphatic rings. The van der Waals surface area contributed by atoms with E-state index in [4.69, 9.17) is 15.2 Å². The van der Waals surface area contributed by atoms with Gasteiger partial charge in [0.15, 0.2) is 11.5 Å². The Kier molecular flexibility index (Phi) is 7.23. The molecule has 0 atom stereocenters. The summed E-state index contributed by atoms with van der Waals surface area (Å²) in [4.78, 5) is 23.7. The second-order valence-corrected chi connectivity index (χ2v) is 6.64. The standard InChI is InChI=1S/C21H26N2O4/c1-14(2)9-10-27-18-8-7-17(12-19(18)26-3)21(25)23-13-15-5-4-6-16(11-15)20(22)24/h4-8,11-12,14H,9-10,13H2,1-3H3,(H2,22,24)(H,23,25). The van der Waals surface area contributed by atoms with Gasteiger partial charge in [-0.25, -0.2) is 0 Å². The summed E-state index contributed by atoms with van der Waals surface area (Å²) in [5.74, 6) is 0.938. The Bertz CT molecular complexity index is 803. The predicted molar refractivity (Wildman–Crippen MR) is 104 cm³/mol. The Morgan fingerprint density at radius 2 is 1.85 bits per heavy atom. The number of nitrogens with two attached hydrogens (primary N) is 1. The highest BCUT2D eigenvalue weighted by Crippen LogP contribution is 2.28. The van der Waals surface area contributed by atoms with Crippen LogP contribution >= 0.6 is 0 Å². The summed E-state index contributed by atoms with van der Waals surface area (Å²) in [7, 11) is 1.54. The zero-order valence-electron chi connectivity index (χ0n) is 16.0. The summed E-state index contributed by atoms with van der Waals surface area (Å²) in [6.45, 7) is 5.14. The van der Waals surface area contributed by atoms with Gasteiger partial charge in [-0.2, -0.15) is 0 Å². The van der Waals surface area contributed by atoms with Gasteiger partial charge in [0.25, 0.3) is 5.91 Å². The minimum atomic E-state index is -0.499. The number of rotatable bonds is 9. The molecule has 2 rings (SSSR count). The van der Waals surface area contributed by atoms with Crippen molar-refractivity contribution in [2.45, 2.75) is 26.8 Å². The third kappa shape index (κ3) is 6.02. The molecule has 0 spiro atoms. The average molecular weight is 370 g/mol. The van der Waals surface area contributed by atoms with E-state index in [1.54, 1.807) is 43.5 Å². The molecule has 0 bridgehead atoms. The highest BCUT2D eigenvalue weighted by atomic mass is 16.5. The molecule has 3 N–H and O–H groups in total. The summed E-state index contributed by atoms with van der Waals surface area (Å²) in [6.07, 6.45) is 0.940. The van der Waals surface area contributed by atoms with E-state index < -0.39 is 5.91 Å². The summed E-state index contributed by atoms with van der Waals surface area (Å²) < 4.78 is 11.1. The van der Waals surface area contributed by atoms with Gasteiger partial charge >= 0.3 is 0 Å². The van der Waals surface area contributed by atoms with Gasteiger partial charge in [0.1, 0.15) is 0 Å². The maximum atomic E-state index is 12.4. The van der Waals surface area contributed by atoms with Crippen LogP contribution in [0.3, 0.4) is 0 Å². The first-order valence-corrected chi connectivity index (χ1v) is 8.88. The number of benzene rings is 2. The van der Waals surface area contributed by atoms with Crippen molar-refractivity contribution in [2.24, 2.45) is 11.7 Å². The van der Waals surface area contributed by atoms with E-state index in [0.29, 0.717) is 35.2 Å². The fourth-order valence-electron chi connectivity index (χ4n) is 2.45. The number of ether oxygens (including phenoxy) is 2. The van der Waals surface area contributed by atoms with Crippen LogP contribution in [0.4, 0.5) is 0 Å². The van der Waals surface area contributed by atoms with E-state index in [9.17, 15) is 9.59 Å². The molecular weight excluding hydrogens is 344 g/mol. The molecule has 2 aromatic carbocycles. The van der Waals surface area contributed by atoms with Crippen LogP contribution in [0.5, 0.6) is 11.5 Å². The lowest BCUT2D eigenvalue weighted by Gasteiger charge is -2.13. The van der Waals surface area contributed by atoms with Crippen LogP contribution < -0.4 is 20.5 Å². The zero-order chi connectivity index (χ0) is 19.8. The number of carbonyl (C=O) groups is 2. The van der Waals surface area contributed by atoms with E-state index in [1.807, 2.05) is 6.07 Å². The van der Waals surface area contributed by atoms with Crippen LogP contribution in [-0.4, -0.2) is 25.5 Å². The van der Waals surface area contributed by atoms with E-state index >= 15 is 0 Å². The van der Waals surface area contributed by atoms with Crippen molar-refractivity contribution < 1.29 is 19.1 Å². The van der Waals surface area contributed by atoms with E-state index in [-0.39, 0.29) is 12.5 Å². The fraction of sp³-hybridized carbons (Fsp3) is 0.333. The molecule has 6 nitrogen and oxygen atoms in total. The molecule has 0 aliphatic carbocycles. The van der Waals surface area contributed by atoms with E-state index in [0.717, 1.165) is 12.0 Å². The molecule has 0 radical (unpaired) electrons. The van der Waals surface area contributed by atoms with E-state index in [2.05, 4.69) is 19.2 Å². The number of hydrogen-bond donors (Lipinski definition) is 2. The topological polar surface area (TPSA) is 90.6 Å². The van der Waals surface area contributed by atoms with Crippen molar-refractivity contribution in [3.8, 4) is 11.5 Å². The van der Waals surface area contributed by atoms with Crippen LogP contribution in [-0.2, 0) is 6.54 Å². The highest BCUT2D eigenvalue weighted by molar-refractivity contribution is 5.95. The van der Waals surface area contributed by atoms with Crippen LogP contribution in [0.15, 0.2) is 42.5 Å². The molecule has 0 aliphatic heterocycles. The Morgan fingerprint density at radius 3 is 2.52 bits per heavy atom. The number of hydrogen-bond acceptors (Lipinski definition) is 4. The van der Waals surface area contributed by atoms with Gasteiger partial charge < -0.3 is 20.5 Å². The third-order valence-corrected chi connectivity index (χ3v) is 4.04. The summed E-state index contributed by atoms with van der Waals surface area (Å²) in [6, 6.07) is 11.9. The molecule has 2 amide bonds. The third-order valence-electron chi connectivity index (χ3n) is 4.04. The monoisotopic (exact) mass is 370 g/mol. The molecule has 27 heavy (non-hydrogen) atoms. The van der Waals surface area contributed by atoms with E-state index in [1.165, 1.54) is 0 Å². The van der Waals surface area contributed by atoms with Gasteiger partial charge in [0, 0.05) is 17.7 Å². The average Bonchev–Trinajstić information content (AvgIpc) is 2.66. The first-order valence-electron chi connectivity index (χ1n) is 8.88. The van der Waals surface area contributed by atoms with Gasteiger partial charge in [-0.05, 0) is 48.2 Å². The fourth-order valence-corrected chi connectivity index (χ4v) is 2.45. The summed E-state index contributed by atoms with van der Waals surface area (Å²) in [5.41, 5.74) is 6.94. The zero-order valence-corrected chi connectivity index (χ0v) is 16.0. The Hall–Kier alpha value is -3.02. The minimum absolute atomic E-state index is 0.244. The van der Waals surface area contributed by atoms with Crippen LogP contribution in [0.2, 0.25) is 0 Å². The van der Waals surface area contributed by atoms with Crippen LogP contribution in [0, 0.1) is 5.92 Å². The molecule has 0 saturated heterocycles. The van der Waals surface area contributed by atoms with Crippen molar-refractivity contribution in [3.63, 3.8) is 0 Å². The van der Waals surface area contributed by atoms with Crippen molar-refractivity contribution in [1.29, 1.82) is 0 Å². The highest BCUT2D eigenvalue weighted by Gasteiger charge is 2.12. The van der Waals surface area contributed by atoms with Crippen LogP contribution in [0.25, 0.3) is 0 Å². The molecule has 0 fully saturated rings. The van der Waals surface area contributed by atoms with Gasteiger partial charge in [0.05, 0.1) is 13.7 Å². The van der Waals surface area contributed by atoms with Gasteiger partial charge in [-0.3, -0.25) is 9.59 Å². The number of carbonyl (C=O) groups excluding carboxylic acids is 2. The first kappa shape index (κ1) is 20.3. The summed E-state index contributed by atoms with van der Waals surface area (Å²) >= 11 is 0. The smallest absolute Gasteiger partial charge is 0.251 e. The Labute approximate surface area is 159 Å². The first-order chi connectivity index (χ1) is 12.9. The molecule has 144 valence electrons. The maximum Gasteiger partial charge on any atom is 0.251 e.